The van der Waals surface area contributed by atoms with Crippen LogP contribution in [0.5, 0.6) is 0 Å². The third-order valence-electron chi connectivity index (χ3n) is 10.1. The zero-order chi connectivity index (χ0) is 24.9. The van der Waals surface area contributed by atoms with Gasteiger partial charge in [-0.05, 0) is 97.9 Å². The Kier molecular flexibility index (Phi) is 7.24. The summed E-state index contributed by atoms with van der Waals surface area (Å²) in [5.41, 5.74) is 1.58. The fourth-order valence-corrected chi connectivity index (χ4v) is 8.58. The van der Waals surface area contributed by atoms with Crippen LogP contribution in [0.15, 0.2) is 23.8 Å². The van der Waals surface area contributed by atoms with Crippen molar-refractivity contribution in [3.63, 3.8) is 0 Å². The average Bonchev–Trinajstić information content (AvgIpc) is 3.10. The first-order valence-corrected chi connectivity index (χ1v) is 14.4. The normalized spacial score (nSPS) is 42.0. The first-order valence-electron chi connectivity index (χ1n) is 13.1. The number of hydrogen-bond donors (Lipinski definition) is 2. The van der Waals surface area contributed by atoms with E-state index < -0.39 is 10.4 Å². The van der Waals surface area contributed by atoms with Crippen molar-refractivity contribution in [2.75, 3.05) is 6.61 Å². The van der Waals surface area contributed by atoms with Gasteiger partial charge in [-0.3, -0.25) is 9.35 Å². The van der Waals surface area contributed by atoms with Crippen LogP contribution in [-0.4, -0.2) is 36.6 Å². The second-order valence-electron chi connectivity index (χ2n) is 12.2. The van der Waals surface area contributed by atoms with Crippen molar-refractivity contribution in [3.8, 4) is 0 Å². The van der Waals surface area contributed by atoms with E-state index in [4.69, 9.17) is 4.55 Å². The first-order chi connectivity index (χ1) is 15.8. The van der Waals surface area contributed by atoms with Crippen LogP contribution in [0, 0.1) is 46.3 Å². The van der Waals surface area contributed by atoms with Crippen molar-refractivity contribution in [2.24, 2.45) is 46.3 Å². The lowest BCUT2D eigenvalue weighted by Crippen LogP contribution is -2.52. The predicted octanol–water partition coefficient (Wildman–Crippen LogP) is 5.14. The molecule has 0 aromatic carbocycles. The fraction of sp³-hybridized carbons (Fsp3) is 0.815. The fourth-order valence-electron chi connectivity index (χ4n) is 8.18. The molecule has 34 heavy (non-hydrogen) atoms. The molecule has 0 aromatic heterocycles. The van der Waals surface area contributed by atoms with Crippen LogP contribution in [0.3, 0.4) is 0 Å². The van der Waals surface area contributed by atoms with Crippen molar-refractivity contribution < 1.29 is 27.1 Å². The molecule has 4 aliphatic carbocycles. The van der Waals surface area contributed by atoms with E-state index in [1.165, 1.54) is 12.0 Å². The summed E-state index contributed by atoms with van der Waals surface area (Å²) in [5, 5.41) is 10.2. The maximum atomic E-state index is 13.2. The van der Waals surface area contributed by atoms with Crippen molar-refractivity contribution in [3.05, 3.63) is 23.8 Å². The summed E-state index contributed by atoms with van der Waals surface area (Å²) in [6.45, 7) is 8.90. The summed E-state index contributed by atoms with van der Waals surface area (Å²) in [6.07, 6.45) is 13.7. The summed E-state index contributed by atoms with van der Waals surface area (Å²) in [7, 11) is -4.39. The molecule has 4 aliphatic rings. The molecule has 3 saturated carbocycles. The lowest BCUT2D eigenvalue weighted by Gasteiger charge is -2.57. The van der Waals surface area contributed by atoms with Gasteiger partial charge in [-0.15, -0.1) is 0 Å². The quantitative estimate of drug-likeness (QED) is 0.375. The molecule has 192 valence electrons. The van der Waals surface area contributed by atoms with Gasteiger partial charge >= 0.3 is 10.4 Å². The van der Waals surface area contributed by atoms with Crippen LogP contribution < -0.4 is 0 Å². The van der Waals surface area contributed by atoms with E-state index in [2.05, 4.69) is 37.1 Å². The number of rotatable bonds is 7. The summed E-state index contributed by atoms with van der Waals surface area (Å²) in [5.74, 6) is 2.09. The lowest BCUT2D eigenvalue weighted by molar-refractivity contribution is -0.132. The van der Waals surface area contributed by atoms with Gasteiger partial charge in [0.15, 0.2) is 5.78 Å². The SMILES string of the molecule is CC(C/C=C/[C@@H](C)[C@H]1CC[C@H]2C3=CC(=O)[C@H]4C[C@H](O)CC[C@]4(C)[C@H]3CC[C@]12C)COS(=O)(=O)O. The standard InChI is InChI=1S/C27H42O6S/c1-17(16-33-34(30,31)32)6-5-7-18(2)21-8-9-22-20-15-25(29)24-14-19(28)10-12-27(24,4)23(20)11-13-26(21,22)3/h5,7,15,17-19,21-24,28H,6,8-14,16H2,1-4H3,(H,30,31,32)/b7-5+/t17?,18-,19-,21-,22+,23+,24-,26-,27-/m1/s1. The molecule has 0 aromatic rings. The third-order valence-corrected chi connectivity index (χ3v) is 10.5. The molecule has 3 fully saturated rings. The molecule has 0 spiro atoms. The highest BCUT2D eigenvalue weighted by Gasteiger charge is 2.59. The van der Waals surface area contributed by atoms with Crippen LogP contribution in [0.2, 0.25) is 0 Å². The van der Waals surface area contributed by atoms with E-state index in [0.717, 1.165) is 32.1 Å². The number of allylic oxidation sites excluding steroid dienone is 4. The maximum absolute atomic E-state index is 13.2. The lowest BCUT2D eigenvalue weighted by atomic mass is 9.47. The van der Waals surface area contributed by atoms with Gasteiger partial charge in [0.25, 0.3) is 0 Å². The molecule has 9 atom stereocenters. The Bertz CT molecular complexity index is 954. The molecule has 0 bridgehead atoms. The minimum absolute atomic E-state index is 0.00571. The highest BCUT2D eigenvalue weighted by atomic mass is 32.3. The zero-order valence-electron chi connectivity index (χ0n) is 21.1. The van der Waals surface area contributed by atoms with Crippen LogP contribution in [0.1, 0.15) is 79.1 Å². The van der Waals surface area contributed by atoms with E-state index in [9.17, 15) is 18.3 Å². The van der Waals surface area contributed by atoms with E-state index >= 15 is 0 Å². The Morgan fingerprint density at radius 1 is 1.09 bits per heavy atom. The third kappa shape index (κ3) is 4.82. The van der Waals surface area contributed by atoms with Crippen LogP contribution >= 0.6 is 0 Å². The van der Waals surface area contributed by atoms with Gasteiger partial charge in [-0.25, -0.2) is 4.18 Å². The average molecular weight is 495 g/mol. The molecule has 1 unspecified atom stereocenters. The van der Waals surface area contributed by atoms with Crippen molar-refractivity contribution in [1.29, 1.82) is 0 Å². The molecule has 0 heterocycles. The minimum Gasteiger partial charge on any atom is -0.393 e. The van der Waals surface area contributed by atoms with Crippen LogP contribution in [0.25, 0.3) is 0 Å². The topological polar surface area (TPSA) is 101 Å². The summed E-state index contributed by atoms with van der Waals surface area (Å²) < 4.78 is 34.8. The Labute approximate surface area is 205 Å². The van der Waals surface area contributed by atoms with Gasteiger partial charge in [-0.1, -0.05) is 45.4 Å². The molecule has 0 saturated heterocycles. The molecule has 6 nitrogen and oxygen atoms in total. The van der Waals surface area contributed by atoms with Gasteiger partial charge in [0.2, 0.25) is 0 Å². The molecule has 4 rings (SSSR count). The van der Waals surface area contributed by atoms with Gasteiger partial charge in [0.05, 0.1) is 12.7 Å². The highest BCUT2D eigenvalue weighted by molar-refractivity contribution is 7.80. The molecule has 0 amide bonds. The zero-order valence-corrected chi connectivity index (χ0v) is 21.9. The minimum atomic E-state index is -4.39. The number of fused-ring (bicyclic) bond motifs is 5. The van der Waals surface area contributed by atoms with E-state index in [1.54, 1.807) is 0 Å². The predicted molar refractivity (Wildman–Crippen MR) is 131 cm³/mol. The van der Waals surface area contributed by atoms with Crippen molar-refractivity contribution in [1.82, 2.24) is 0 Å². The molecular formula is C27H42O6S. The van der Waals surface area contributed by atoms with Gasteiger partial charge in [0, 0.05) is 5.92 Å². The Morgan fingerprint density at radius 3 is 2.47 bits per heavy atom. The van der Waals surface area contributed by atoms with Crippen LogP contribution in [0.4, 0.5) is 0 Å². The molecule has 7 heteroatoms. The number of aliphatic hydroxyl groups is 1. The van der Waals surface area contributed by atoms with E-state index in [1.807, 2.05) is 13.0 Å². The van der Waals surface area contributed by atoms with E-state index in [0.29, 0.717) is 36.5 Å². The Morgan fingerprint density at radius 2 is 1.76 bits per heavy atom. The number of aliphatic hydroxyl groups excluding tert-OH is 1. The summed E-state index contributed by atoms with van der Waals surface area (Å²) >= 11 is 0. The second-order valence-corrected chi connectivity index (χ2v) is 13.3. The second kappa shape index (κ2) is 9.45. The van der Waals surface area contributed by atoms with Crippen molar-refractivity contribution in [2.45, 2.75) is 85.2 Å². The maximum Gasteiger partial charge on any atom is 0.397 e. The largest absolute Gasteiger partial charge is 0.397 e. The van der Waals surface area contributed by atoms with Gasteiger partial charge in [-0.2, -0.15) is 8.42 Å². The summed E-state index contributed by atoms with van der Waals surface area (Å²) in [6, 6.07) is 0. The van der Waals surface area contributed by atoms with Crippen molar-refractivity contribution >= 4 is 16.2 Å². The number of carbonyl (C=O) groups excluding carboxylic acids is 1. The van der Waals surface area contributed by atoms with Gasteiger partial charge in [0.1, 0.15) is 0 Å². The number of carbonyl (C=O) groups is 1. The Balaban J connectivity index is 1.45. The number of hydrogen-bond acceptors (Lipinski definition) is 5. The molecule has 0 aliphatic heterocycles. The van der Waals surface area contributed by atoms with E-state index in [-0.39, 0.29) is 41.2 Å². The highest BCUT2D eigenvalue weighted by Crippen LogP contribution is 2.66. The Hall–Kier alpha value is -1.02. The summed E-state index contributed by atoms with van der Waals surface area (Å²) in [4.78, 5) is 13.2. The van der Waals surface area contributed by atoms with Gasteiger partial charge < -0.3 is 5.11 Å². The molecule has 2 N–H and O–H groups in total. The first kappa shape index (κ1) is 26.1. The van der Waals surface area contributed by atoms with Crippen LogP contribution in [-0.2, 0) is 19.4 Å². The molecule has 0 radical (unpaired) electrons. The molecular weight excluding hydrogens is 452 g/mol. The number of ketones is 1. The monoisotopic (exact) mass is 494 g/mol. The smallest absolute Gasteiger partial charge is 0.393 e.